The van der Waals surface area contributed by atoms with Gasteiger partial charge in [0.05, 0.1) is 6.10 Å². The largest absolute Gasteiger partial charge is 0.372 e. The molecule has 1 rings (SSSR count). The summed E-state index contributed by atoms with van der Waals surface area (Å²) < 4.78 is 29.0. The number of hydrogen-bond donors (Lipinski definition) is 0. The lowest BCUT2D eigenvalue weighted by molar-refractivity contribution is -0.0317. The molecule has 0 amide bonds. The van der Waals surface area contributed by atoms with Crippen molar-refractivity contribution in [2.45, 2.75) is 45.1 Å². The second-order valence-electron chi connectivity index (χ2n) is 4.03. The molecular formula is C11H18F2O. The monoisotopic (exact) mass is 204 g/mol. The van der Waals surface area contributed by atoms with Crippen molar-refractivity contribution in [3.05, 3.63) is 12.2 Å². The Morgan fingerprint density at radius 3 is 2.93 bits per heavy atom. The molecule has 0 N–H and O–H groups in total. The minimum absolute atomic E-state index is 0.00162. The minimum Gasteiger partial charge on any atom is -0.372 e. The third-order valence-electron chi connectivity index (χ3n) is 2.80. The van der Waals surface area contributed by atoms with Crippen LogP contribution in [-0.4, -0.2) is 19.1 Å². The molecule has 0 aromatic heterocycles. The first-order chi connectivity index (χ1) is 6.59. The molecule has 0 radical (unpaired) electrons. The van der Waals surface area contributed by atoms with E-state index in [4.69, 9.17) is 4.74 Å². The summed E-state index contributed by atoms with van der Waals surface area (Å²) in [6, 6.07) is 0. The van der Waals surface area contributed by atoms with Crippen molar-refractivity contribution < 1.29 is 13.5 Å². The molecule has 1 saturated carbocycles. The van der Waals surface area contributed by atoms with E-state index in [2.05, 4.69) is 13.5 Å². The molecular weight excluding hydrogens is 186 g/mol. The van der Waals surface area contributed by atoms with Crippen LogP contribution in [0.3, 0.4) is 0 Å². The van der Waals surface area contributed by atoms with Gasteiger partial charge in [0.1, 0.15) is 6.61 Å². The summed E-state index contributed by atoms with van der Waals surface area (Å²) in [4.78, 5) is 0. The topological polar surface area (TPSA) is 9.23 Å². The highest BCUT2D eigenvalue weighted by Crippen LogP contribution is 2.28. The quantitative estimate of drug-likeness (QED) is 0.505. The zero-order chi connectivity index (χ0) is 10.6. The Kier molecular flexibility index (Phi) is 4.52. The average Bonchev–Trinajstić information content (AvgIpc) is 2.26. The van der Waals surface area contributed by atoms with Crippen LogP contribution in [0.5, 0.6) is 0 Å². The van der Waals surface area contributed by atoms with E-state index in [0.717, 1.165) is 25.7 Å². The van der Waals surface area contributed by atoms with E-state index in [-0.39, 0.29) is 6.10 Å². The summed E-state index contributed by atoms with van der Waals surface area (Å²) in [6.07, 6.45) is 1.39. The Hall–Kier alpha value is -0.440. The summed E-state index contributed by atoms with van der Waals surface area (Å²) in [7, 11) is 0. The van der Waals surface area contributed by atoms with Gasteiger partial charge in [0.2, 0.25) is 0 Å². The lowest BCUT2D eigenvalue weighted by Gasteiger charge is -2.18. The standard InChI is InChI=1S/C11H18F2O/c1-8-4-3-5-10(6-9(8)2)14-7-11(12)13/h9-11H,1,3-7H2,2H3. The molecule has 3 heteroatoms. The Morgan fingerprint density at radius 2 is 2.29 bits per heavy atom. The highest BCUT2D eigenvalue weighted by Gasteiger charge is 2.20. The summed E-state index contributed by atoms with van der Waals surface area (Å²) >= 11 is 0. The highest BCUT2D eigenvalue weighted by atomic mass is 19.3. The second-order valence-corrected chi connectivity index (χ2v) is 4.03. The molecule has 2 unspecified atom stereocenters. The van der Waals surface area contributed by atoms with Crippen LogP contribution >= 0.6 is 0 Å². The van der Waals surface area contributed by atoms with E-state index < -0.39 is 13.0 Å². The number of ether oxygens (including phenoxy) is 1. The molecule has 0 bridgehead atoms. The third-order valence-corrected chi connectivity index (χ3v) is 2.80. The number of hydrogen-bond acceptors (Lipinski definition) is 1. The van der Waals surface area contributed by atoms with Crippen LogP contribution in [-0.2, 0) is 4.74 Å². The van der Waals surface area contributed by atoms with Gasteiger partial charge in [0.15, 0.2) is 0 Å². The molecule has 0 aliphatic heterocycles. The molecule has 0 aromatic rings. The maximum atomic E-state index is 11.9. The Bertz CT molecular complexity index is 192. The van der Waals surface area contributed by atoms with Crippen LogP contribution in [0, 0.1) is 5.92 Å². The average molecular weight is 204 g/mol. The summed E-state index contributed by atoms with van der Waals surface area (Å²) in [5.74, 6) is 0.403. The first-order valence-electron chi connectivity index (χ1n) is 5.17. The smallest absolute Gasteiger partial charge is 0.261 e. The molecule has 1 aliphatic carbocycles. The first kappa shape index (κ1) is 11.6. The van der Waals surface area contributed by atoms with Crippen molar-refractivity contribution >= 4 is 0 Å². The van der Waals surface area contributed by atoms with Gasteiger partial charge in [0.25, 0.3) is 6.43 Å². The Labute approximate surface area is 84.1 Å². The molecule has 82 valence electrons. The maximum absolute atomic E-state index is 11.9. The SMILES string of the molecule is C=C1CCCC(OCC(F)F)CC1C. The molecule has 0 spiro atoms. The van der Waals surface area contributed by atoms with Gasteiger partial charge in [-0.1, -0.05) is 19.1 Å². The van der Waals surface area contributed by atoms with Crippen LogP contribution in [0.1, 0.15) is 32.6 Å². The van der Waals surface area contributed by atoms with E-state index in [1.807, 2.05) is 0 Å². The highest BCUT2D eigenvalue weighted by molar-refractivity contribution is 5.01. The van der Waals surface area contributed by atoms with Gasteiger partial charge in [-0.25, -0.2) is 8.78 Å². The number of rotatable bonds is 3. The van der Waals surface area contributed by atoms with Gasteiger partial charge in [-0.05, 0) is 31.6 Å². The molecule has 2 atom stereocenters. The lowest BCUT2D eigenvalue weighted by atomic mass is 9.97. The van der Waals surface area contributed by atoms with Crippen molar-refractivity contribution in [3.63, 3.8) is 0 Å². The van der Waals surface area contributed by atoms with Crippen molar-refractivity contribution in [3.8, 4) is 0 Å². The van der Waals surface area contributed by atoms with Crippen LogP contribution in [0.4, 0.5) is 8.78 Å². The van der Waals surface area contributed by atoms with Gasteiger partial charge < -0.3 is 4.74 Å². The molecule has 1 nitrogen and oxygen atoms in total. The normalized spacial score (nSPS) is 29.3. The number of alkyl halides is 2. The number of allylic oxidation sites excluding steroid dienone is 1. The minimum atomic E-state index is -2.35. The van der Waals surface area contributed by atoms with Crippen molar-refractivity contribution in [2.75, 3.05) is 6.61 Å². The number of halogens is 2. The van der Waals surface area contributed by atoms with Crippen LogP contribution < -0.4 is 0 Å². The fourth-order valence-corrected chi connectivity index (χ4v) is 1.84. The zero-order valence-electron chi connectivity index (χ0n) is 8.64. The fourth-order valence-electron chi connectivity index (χ4n) is 1.84. The molecule has 14 heavy (non-hydrogen) atoms. The molecule has 0 heterocycles. The van der Waals surface area contributed by atoms with E-state index >= 15 is 0 Å². The Morgan fingerprint density at radius 1 is 1.57 bits per heavy atom. The molecule has 0 aromatic carbocycles. The van der Waals surface area contributed by atoms with E-state index in [1.54, 1.807) is 0 Å². The van der Waals surface area contributed by atoms with Crippen molar-refractivity contribution in [2.24, 2.45) is 5.92 Å². The summed E-state index contributed by atoms with van der Waals surface area (Å²) in [6.45, 7) is 5.64. The van der Waals surface area contributed by atoms with E-state index in [9.17, 15) is 8.78 Å². The van der Waals surface area contributed by atoms with E-state index in [0.29, 0.717) is 5.92 Å². The zero-order valence-corrected chi connectivity index (χ0v) is 8.64. The lowest BCUT2D eigenvalue weighted by Crippen LogP contribution is -2.18. The van der Waals surface area contributed by atoms with Crippen LogP contribution in [0.15, 0.2) is 12.2 Å². The Balaban J connectivity index is 2.34. The van der Waals surface area contributed by atoms with Gasteiger partial charge in [0, 0.05) is 0 Å². The first-order valence-corrected chi connectivity index (χ1v) is 5.17. The summed E-state index contributed by atoms with van der Waals surface area (Å²) in [5, 5.41) is 0. The van der Waals surface area contributed by atoms with Gasteiger partial charge in [-0.3, -0.25) is 0 Å². The maximum Gasteiger partial charge on any atom is 0.261 e. The van der Waals surface area contributed by atoms with E-state index in [1.165, 1.54) is 5.57 Å². The molecule has 1 aliphatic rings. The predicted octanol–water partition coefficient (Wildman–Crippen LogP) is 3.40. The predicted molar refractivity (Wildman–Crippen MR) is 52.5 cm³/mol. The third kappa shape index (κ3) is 3.74. The summed E-state index contributed by atoms with van der Waals surface area (Å²) in [5.41, 5.74) is 1.23. The fraction of sp³-hybridized carbons (Fsp3) is 0.818. The molecule has 0 saturated heterocycles. The van der Waals surface area contributed by atoms with Crippen LogP contribution in [0.25, 0.3) is 0 Å². The van der Waals surface area contributed by atoms with Crippen LogP contribution in [0.2, 0.25) is 0 Å². The second kappa shape index (κ2) is 5.44. The van der Waals surface area contributed by atoms with Gasteiger partial charge >= 0.3 is 0 Å². The van der Waals surface area contributed by atoms with Crippen molar-refractivity contribution in [1.29, 1.82) is 0 Å². The molecule has 1 fully saturated rings. The van der Waals surface area contributed by atoms with Gasteiger partial charge in [-0.2, -0.15) is 0 Å². The van der Waals surface area contributed by atoms with Gasteiger partial charge in [-0.15, -0.1) is 0 Å². The van der Waals surface area contributed by atoms with Crippen molar-refractivity contribution in [1.82, 2.24) is 0 Å².